The number of nitrogens with zero attached hydrogens (tertiary/aromatic N) is 3. The van der Waals surface area contributed by atoms with Crippen LogP contribution in [0.4, 0.5) is 4.79 Å². The lowest BCUT2D eigenvalue weighted by Gasteiger charge is -2.30. The second-order valence-electron chi connectivity index (χ2n) is 7.25. The molecule has 1 aliphatic heterocycles. The van der Waals surface area contributed by atoms with Crippen molar-refractivity contribution >= 4 is 17.4 Å². The van der Waals surface area contributed by atoms with Crippen LogP contribution in [-0.2, 0) is 19.4 Å². The van der Waals surface area contributed by atoms with Crippen molar-refractivity contribution in [2.45, 2.75) is 52.6 Å². The van der Waals surface area contributed by atoms with Crippen LogP contribution >= 0.6 is 11.3 Å². The van der Waals surface area contributed by atoms with E-state index in [-0.39, 0.29) is 17.5 Å². The van der Waals surface area contributed by atoms with E-state index in [1.807, 2.05) is 11.4 Å². The second kappa shape index (κ2) is 6.93. The van der Waals surface area contributed by atoms with Gasteiger partial charge in [0.2, 0.25) is 0 Å². The minimum absolute atomic E-state index is 0.00478. The highest BCUT2D eigenvalue weighted by molar-refractivity contribution is 7.10. The minimum atomic E-state index is -0.135. The molecule has 2 N–H and O–H groups in total. The van der Waals surface area contributed by atoms with Crippen LogP contribution in [0.1, 0.15) is 49.8 Å². The summed E-state index contributed by atoms with van der Waals surface area (Å²) in [4.78, 5) is 13.5. The summed E-state index contributed by atoms with van der Waals surface area (Å²) in [6.45, 7) is 7.96. The van der Waals surface area contributed by atoms with E-state index in [9.17, 15) is 4.79 Å². The van der Waals surface area contributed by atoms with E-state index in [1.165, 1.54) is 4.88 Å². The van der Waals surface area contributed by atoms with Gasteiger partial charge in [-0.05, 0) is 23.3 Å². The van der Waals surface area contributed by atoms with Crippen LogP contribution in [0.5, 0.6) is 0 Å². The fraction of sp³-hybridized carbons (Fsp3) is 0.588. The van der Waals surface area contributed by atoms with Crippen LogP contribution in [0.3, 0.4) is 0 Å². The third-order valence-corrected chi connectivity index (χ3v) is 5.23. The summed E-state index contributed by atoms with van der Waals surface area (Å²) in [7, 11) is 0. The van der Waals surface area contributed by atoms with Crippen LogP contribution in [0.25, 0.3) is 0 Å². The van der Waals surface area contributed by atoms with E-state index in [0.717, 1.165) is 31.0 Å². The van der Waals surface area contributed by atoms with Gasteiger partial charge in [-0.3, -0.25) is 0 Å². The first-order valence-electron chi connectivity index (χ1n) is 8.44. The second-order valence-corrected chi connectivity index (χ2v) is 8.23. The van der Waals surface area contributed by atoms with E-state index in [4.69, 9.17) is 0 Å². The summed E-state index contributed by atoms with van der Waals surface area (Å²) < 4.78 is 2.17. The molecule has 0 aromatic carbocycles. The van der Waals surface area contributed by atoms with E-state index in [0.29, 0.717) is 13.0 Å². The minimum Gasteiger partial charge on any atom is -0.338 e. The Morgan fingerprint density at radius 1 is 1.42 bits per heavy atom. The molecule has 3 rings (SSSR count). The molecule has 1 atom stereocenters. The molecule has 0 saturated heterocycles. The monoisotopic (exact) mass is 347 g/mol. The molecule has 3 heterocycles. The SMILES string of the molecule is CC(C)(C)[C@@H](NC(=O)NCCc1nnc2n1CCC2)c1cccs1. The zero-order valence-corrected chi connectivity index (χ0v) is 15.3. The Bertz CT molecular complexity index is 686. The molecule has 2 aromatic heterocycles. The Morgan fingerprint density at radius 3 is 2.96 bits per heavy atom. The van der Waals surface area contributed by atoms with Gasteiger partial charge in [0, 0.05) is 30.8 Å². The van der Waals surface area contributed by atoms with Crippen molar-refractivity contribution in [3.05, 3.63) is 34.0 Å². The molecular weight excluding hydrogens is 322 g/mol. The number of amides is 2. The lowest BCUT2D eigenvalue weighted by Crippen LogP contribution is -2.43. The number of hydrogen-bond acceptors (Lipinski definition) is 4. The Labute approximate surface area is 146 Å². The van der Waals surface area contributed by atoms with Crippen LogP contribution in [0.2, 0.25) is 0 Å². The summed E-state index contributed by atoms with van der Waals surface area (Å²) >= 11 is 1.67. The third kappa shape index (κ3) is 3.77. The summed E-state index contributed by atoms with van der Waals surface area (Å²) in [5.41, 5.74) is -0.0456. The quantitative estimate of drug-likeness (QED) is 0.873. The molecule has 130 valence electrons. The predicted molar refractivity (Wildman–Crippen MR) is 95.1 cm³/mol. The molecule has 0 aliphatic carbocycles. The molecule has 0 fully saturated rings. The van der Waals surface area contributed by atoms with Crippen molar-refractivity contribution in [3.63, 3.8) is 0 Å². The summed E-state index contributed by atoms with van der Waals surface area (Å²) in [6.07, 6.45) is 2.86. The molecule has 0 unspecified atom stereocenters. The molecule has 0 radical (unpaired) electrons. The lowest BCUT2D eigenvalue weighted by atomic mass is 9.86. The first-order chi connectivity index (χ1) is 11.4. The van der Waals surface area contributed by atoms with Gasteiger partial charge in [-0.25, -0.2) is 4.79 Å². The van der Waals surface area contributed by atoms with E-state index in [2.05, 4.69) is 52.2 Å². The maximum Gasteiger partial charge on any atom is 0.315 e. The number of rotatable bonds is 5. The van der Waals surface area contributed by atoms with Crippen molar-refractivity contribution in [3.8, 4) is 0 Å². The number of urea groups is 1. The highest BCUT2D eigenvalue weighted by Gasteiger charge is 2.28. The zero-order chi connectivity index (χ0) is 17.2. The van der Waals surface area contributed by atoms with Gasteiger partial charge in [0.15, 0.2) is 0 Å². The topological polar surface area (TPSA) is 71.8 Å². The summed E-state index contributed by atoms with van der Waals surface area (Å²) in [5.74, 6) is 2.04. The predicted octanol–water partition coefficient (Wildman–Crippen LogP) is 2.91. The van der Waals surface area contributed by atoms with Crippen LogP contribution < -0.4 is 10.6 Å². The van der Waals surface area contributed by atoms with Crippen molar-refractivity contribution in [1.29, 1.82) is 0 Å². The van der Waals surface area contributed by atoms with Gasteiger partial charge in [0.05, 0.1) is 6.04 Å². The lowest BCUT2D eigenvalue weighted by molar-refractivity contribution is 0.219. The average molecular weight is 347 g/mol. The van der Waals surface area contributed by atoms with E-state index >= 15 is 0 Å². The summed E-state index contributed by atoms with van der Waals surface area (Å²) in [6, 6.07) is 3.95. The Kier molecular flexibility index (Phi) is 4.89. The van der Waals surface area contributed by atoms with Crippen molar-refractivity contribution in [1.82, 2.24) is 25.4 Å². The van der Waals surface area contributed by atoms with E-state index < -0.39 is 0 Å². The third-order valence-electron chi connectivity index (χ3n) is 4.29. The number of carbonyl (C=O) groups excluding carboxylic acids is 1. The van der Waals surface area contributed by atoms with Crippen molar-refractivity contribution < 1.29 is 4.79 Å². The van der Waals surface area contributed by atoms with Crippen molar-refractivity contribution in [2.24, 2.45) is 5.41 Å². The molecule has 2 aromatic rings. The zero-order valence-electron chi connectivity index (χ0n) is 14.5. The molecule has 6 nitrogen and oxygen atoms in total. The van der Waals surface area contributed by atoms with Crippen LogP contribution in [-0.4, -0.2) is 27.3 Å². The normalized spacial score (nSPS) is 15.1. The standard InChI is InChI=1S/C17H25N5OS/c1-17(2,3)15(12-6-5-11-24-12)19-16(23)18-9-8-14-21-20-13-7-4-10-22(13)14/h5-6,11,15H,4,7-10H2,1-3H3,(H2,18,19,23)/t15-/m0/s1. The first-order valence-corrected chi connectivity index (χ1v) is 9.32. The van der Waals surface area contributed by atoms with Gasteiger partial charge in [-0.15, -0.1) is 21.5 Å². The highest BCUT2D eigenvalue weighted by Crippen LogP contribution is 2.34. The van der Waals surface area contributed by atoms with Crippen LogP contribution in [0, 0.1) is 5.41 Å². The smallest absolute Gasteiger partial charge is 0.315 e. The number of nitrogens with one attached hydrogen (secondary N) is 2. The average Bonchev–Trinajstić information content (AvgIpc) is 3.22. The molecule has 2 amide bonds. The van der Waals surface area contributed by atoms with Gasteiger partial charge in [0.25, 0.3) is 0 Å². The largest absolute Gasteiger partial charge is 0.338 e. The molecule has 0 saturated carbocycles. The molecule has 0 spiro atoms. The number of fused-ring (bicyclic) bond motifs is 1. The fourth-order valence-corrected chi connectivity index (χ4v) is 4.06. The number of thiophene rings is 1. The number of aromatic nitrogens is 3. The maximum absolute atomic E-state index is 12.3. The van der Waals surface area contributed by atoms with Gasteiger partial charge in [0.1, 0.15) is 11.6 Å². The van der Waals surface area contributed by atoms with Gasteiger partial charge >= 0.3 is 6.03 Å². The molecule has 24 heavy (non-hydrogen) atoms. The van der Waals surface area contributed by atoms with Gasteiger partial charge in [-0.1, -0.05) is 26.8 Å². The number of carbonyl (C=O) groups is 1. The number of hydrogen-bond donors (Lipinski definition) is 2. The van der Waals surface area contributed by atoms with Gasteiger partial charge in [-0.2, -0.15) is 0 Å². The molecule has 7 heteroatoms. The summed E-state index contributed by atoms with van der Waals surface area (Å²) in [5, 5.41) is 16.5. The van der Waals surface area contributed by atoms with Gasteiger partial charge < -0.3 is 15.2 Å². The fourth-order valence-electron chi connectivity index (χ4n) is 3.04. The number of aryl methyl sites for hydroxylation is 1. The van der Waals surface area contributed by atoms with Crippen molar-refractivity contribution in [2.75, 3.05) is 6.54 Å². The maximum atomic E-state index is 12.3. The molecule has 1 aliphatic rings. The molecule has 0 bridgehead atoms. The van der Waals surface area contributed by atoms with Crippen LogP contribution in [0.15, 0.2) is 17.5 Å². The Balaban J connectivity index is 1.53. The molecular formula is C17H25N5OS. The Morgan fingerprint density at radius 2 is 2.25 bits per heavy atom. The van der Waals surface area contributed by atoms with E-state index in [1.54, 1.807) is 11.3 Å². The Hall–Kier alpha value is -1.89. The highest BCUT2D eigenvalue weighted by atomic mass is 32.1. The first kappa shape index (κ1) is 17.0.